The average molecular weight is 447 g/mol. The van der Waals surface area contributed by atoms with Gasteiger partial charge in [-0.25, -0.2) is 14.8 Å². The second kappa shape index (κ2) is 9.35. The van der Waals surface area contributed by atoms with E-state index >= 15 is 0 Å². The number of anilines is 1. The molecule has 0 saturated heterocycles. The fraction of sp³-hybridized carbons (Fsp3) is 0.174. The molecule has 0 bridgehead atoms. The van der Waals surface area contributed by atoms with Crippen LogP contribution in [0.2, 0.25) is 0 Å². The minimum atomic E-state index is -0.670. The zero-order valence-electron chi connectivity index (χ0n) is 18.0. The molecule has 0 aliphatic rings. The summed E-state index contributed by atoms with van der Waals surface area (Å²) in [6.07, 6.45) is 2.73. The first-order valence-electron chi connectivity index (χ1n) is 10.0. The molecule has 2 heterocycles. The van der Waals surface area contributed by atoms with Gasteiger partial charge in [-0.2, -0.15) is 0 Å². The maximum absolute atomic E-state index is 13.3. The predicted molar refractivity (Wildman–Crippen MR) is 122 cm³/mol. The molecule has 0 aliphatic carbocycles. The third-order valence-electron chi connectivity index (χ3n) is 4.97. The molecule has 2 aromatic carbocycles. The summed E-state index contributed by atoms with van der Waals surface area (Å²) in [4.78, 5) is 47.3. The summed E-state index contributed by atoms with van der Waals surface area (Å²) >= 11 is 0. The fourth-order valence-electron chi connectivity index (χ4n) is 3.41. The Labute approximate surface area is 188 Å². The van der Waals surface area contributed by atoms with Gasteiger partial charge in [-0.15, -0.1) is 0 Å². The Morgan fingerprint density at radius 2 is 1.64 bits per heavy atom. The van der Waals surface area contributed by atoms with Gasteiger partial charge in [0.2, 0.25) is 5.91 Å². The van der Waals surface area contributed by atoms with Crippen molar-refractivity contribution >= 4 is 22.8 Å². The molecule has 1 amide bonds. The number of carbonyl (C=O) groups excluding carboxylic acids is 1. The molecule has 0 unspecified atom stereocenters. The minimum absolute atomic E-state index is 0.00539. The molecule has 33 heavy (non-hydrogen) atoms. The van der Waals surface area contributed by atoms with Crippen LogP contribution in [0.1, 0.15) is 5.56 Å². The third kappa shape index (κ3) is 4.59. The molecule has 4 rings (SSSR count). The van der Waals surface area contributed by atoms with Gasteiger partial charge in [0, 0.05) is 24.1 Å². The number of methoxy groups -OCH3 is 2. The third-order valence-corrected chi connectivity index (χ3v) is 4.97. The van der Waals surface area contributed by atoms with Crippen molar-refractivity contribution < 1.29 is 14.3 Å². The number of rotatable bonds is 7. The summed E-state index contributed by atoms with van der Waals surface area (Å²) in [5.41, 5.74) is -0.0342. The van der Waals surface area contributed by atoms with Crippen LogP contribution in [0.3, 0.4) is 0 Å². The van der Waals surface area contributed by atoms with Crippen molar-refractivity contribution in [3.05, 3.63) is 87.3 Å². The summed E-state index contributed by atoms with van der Waals surface area (Å²) < 4.78 is 12.6. The Hall–Kier alpha value is -4.47. The first-order chi connectivity index (χ1) is 16.0. The number of hydrogen-bond acceptors (Lipinski definition) is 7. The van der Waals surface area contributed by atoms with Gasteiger partial charge in [-0.3, -0.25) is 18.7 Å². The lowest BCUT2D eigenvalue weighted by molar-refractivity contribution is -0.116. The van der Waals surface area contributed by atoms with Gasteiger partial charge in [0.25, 0.3) is 5.56 Å². The molecular formula is C23H21N5O5. The second-order valence-corrected chi connectivity index (χ2v) is 7.12. The van der Waals surface area contributed by atoms with Gasteiger partial charge in [0.15, 0.2) is 11.2 Å². The van der Waals surface area contributed by atoms with Crippen LogP contribution in [-0.2, 0) is 17.9 Å². The molecule has 1 N–H and O–H groups in total. The van der Waals surface area contributed by atoms with Crippen molar-refractivity contribution in [1.29, 1.82) is 0 Å². The molecule has 0 saturated carbocycles. The average Bonchev–Trinajstić information content (AvgIpc) is 2.84. The van der Waals surface area contributed by atoms with Crippen LogP contribution in [0.15, 0.2) is 70.5 Å². The van der Waals surface area contributed by atoms with Crippen molar-refractivity contribution in [3.8, 4) is 11.5 Å². The Bertz CT molecular complexity index is 1440. The van der Waals surface area contributed by atoms with E-state index in [9.17, 15) is 14.4 Å². The normalized spacial score (nSPS) is 10.7. The smallest absolute Gasteiger partial charge is 0.333 e. The van der Waals surface area contributed by atoms with Crippen LogP contribution < -0.4 is 26.0 Å². The van der Waals surface area contributed by atoms with Gasteiger partial charge < -0.3 is 14.8 Å². The lowest BCUT2D eigenvalue weighted by Crippen LogP contribution is -2.42. The van der Waals surface area contributed by atoms with Crippen LogP contribution in [0.5, 0.6) is 11.5 Å². The highest BCUT2D eigenvalue weighted by molar-refractivity contribution is 5.91. The van der Waals surface area contributed by atoms with Gasteiger partial charge in [-0.05, 0) is 29.8 Å². The highest BCUT2D eigenvalue weighted by Gasteiger charge is 2.18. The number of aromatic nitrogens is 4. The van der Waals surface area contributed by atoms with Crippen molar-refractivity contribution in [1.82, 2.24) is 19.1 Å². The number of hydrogen-bond donors (Lipinski definition) is 1. The SMILES string of the molecule is COc1cccc(Cn2c(=O)c3nccnc3n(CC(=O)Nc3cccc(OC)c3)c2=O)c1. The van der Waals surface area contributed by atoms with Crippen molar-refractivity contribution in [3.63, 3.8) is 0 Å². The molecule has 4 aromatic rings. The van der Waals surface area contributed by atoms with E-state index in [-0.39, 0.29) is 24.3 Å². The summed E-state index contributed by atoms with van der Waals surface area (Å²) in [5, 5.41) is 2.73. The molecular weight excluding hydrogens is 426 g/mol. The molecule has 10 nitrogen and oxygen atoms in total. The van der Waals surface area contributed by atoms with Gasteiger partial charge in [0.1, 0.15) is 18.0 Å². The summed E-state index contributed by atoms with van der Waals surface area (Å²) in [7, 11) is 3.06. The fourth-order valence-corrected chi connectivity index (χ4v) is 3.41. The molecule has 10 heteroatoms. The van der Waals surface area contributed by atoms with E-state index in [1.54, 1.807) is 48.5 Å². The summed E-state index contributed by atoms with van der Waals surface area (Å²) in [6, 6.07) is 13.9. The molecule has 0 atom stereocenters. The number of fused-ring (bicyclic) bond motifs is 1. The van der Waals surface area contributed by atoms with E-state index in [1.165, 1.54) is 26.6 Å². The van der Waals surface area contributed by atoms with Crippen LogP contribution in [0.4, 0.5) is 5.69 Å². The summed E-state index contributed by atoms with van der Waals surface area (Å²) in [5.74, 6) is 0.705. The zero-order valence-corrected chi connectivity index (χ0v) is 18.0. The first kappa shape index (κ1) is 21.8. The maximum Gasteiger partial charge on any atom is 0.333 e. The van der Waals surface area contributed by atoms with E-state index in [2.05, 4.69) is 15.3 Å². The number of amides is 1. The molecule has 2 aromatic heterocycles. The number of benzene rings is 2. The quantitative estimate of drug-likeness (QED) is 0.458. The monoisotopic (exact) mass is 447 g/mol. The second-order valence-electron chi connectivity index (χ2n) is 7.12. The number of nitrogens with one attached hydrogen (secondary N) is 1. The lowest BCUT2D eigenvalue weighted by Gasteiger charge is -2.13. The number of ether oxygens (including phenoxy) is 2. The molecule has 168 valence electrons. The Morgan fingerprint density at radius 3 is 2.39 bits per heavy atom. The highest BCUT2D eigenvalue weighted by Crippen LogP contribution is 2.17. The van der Waals surface area contributed by atoms with Crippen molar-refractivity contribution in [2.24, 2.45) is 0 Å². The minimum Gasteiger partial charge on any atom is -0.497 e. The van der Waals surface area contributed by atoms with Gasteiger partial charge >= 0.3 is 5.69 Å². The van der Waals surface area contributed by atoms with Gasteiger partial charge in [-0.1, -0.05) is 18.2 Å². The van der Waals surface area contributed by atoms with Crippen molar-refractivity contribution in [2.75, 3.05) is 19.5 Å². The van der Waals surface area contributed by atoms with Gasteiger partial charge in [0.05, 0.1) is 20.8 Å². The number of nitrogens with zero attached hydrogens (tertiary/aromatic N) is 4. The Kier molecular flexibility index (Phi) is 6.16. The topological polar surface area (TPSA) is 117 Å². The van der Waals surface area contributed by atoms with E-state index in [4.69, 9.17) is 9.47 Å². The van der Waals surface area contributed by atoms with E-state index in [1.807, 2.05) is 0 Å². The molecule has 0 spiro atoms. The van der Waals surface area contributed by atoms with Crippen LogP contribution in [0.25, 0.3) is 11.2 Å². The van der Waals surface area contributed by atoms with E-state index in [0.29, 0.717) is 22.7 Å². The Balaban J connectivity index is 1.73. The molecule has 0 aliphatic heterocycles. The molecule has 0 radical (unpaired) electrons. The van der Waals surface area contributed by atoms with Crippen LogP contribution >= 0.6 is 0 Å². The zero-order chi connectivity index (χ0) is 23.4. The Morgan fingerprint density at radius 1 is 0.939 bits per heavy atom. The highest BCUT2D eigenvalue weighted by atomic mass is 16.5. The maximum atomic E-state index is 13.3. The number of carbonyl (C=O) groups is 1. The van der Waals surface area contributed by atoms with Crippen LogP contribution in [-0.4, -0.2) is 39.2 Å². The van der Waals surface area contributed by atoms with Crippen LogP contribution in [0, 0.1) is 0 Å². The van der Waals surface area contributed by atoms with Crippen molar-refractivity contribution in [2.45, 2.75) is 13.1 Å². The summed E-state index contributed by atoms with van der Waals surface area (Å²) in [6.45, 7) is -0.373. The molecule has 0 fully saturated rings. The lowest BCUT2D eigenvalue weighted by atomic mass is 10.2. The van der Waals surface area contributed by atoms with E-state index < -0.39 is 17.2 Å². The standard InChI is InChI=1S/C23H21N5O5/c1-32-17-7-3-5-15(11-17)13-28-22(30)20-21(25-10-9-24-20)27(23(28)31)14-19(29)26-16-6-4-8-18(12-16)33-2/h3-12H,13-14H2,1-2H3,(H,26,29). The predicted octanol–water partition coefficient (Wildman–Crippen LogP) is 1.66. The van der Waals surface area contributed by atoms with E-state index in [0.717, 1.165) is 9.13 Å². The largest absolute Gasteiger partial charge is 0.497 e. The first-order valence-corrected chi connectivity index (χ1v) is 10.0.